The second-order valence-electron chi connectivity index (χ2n) is 12.0. The summed E-state index contributed by atoms with van der Waals surface area (Å²) >= 11 is 0. The number of ether oxygens (including phenoxy) is 1. The number of hydrogen-bond donors (Lipinski definition) is 3. The molecule has 0 aromatic heterocycles. The Hall–Kier alpha value is -5.23. The molecule has 0 heterocycles. The predicted octanol–water partition coefficient (Wildman–Crippen LogP) is 7.64. The van der Waals surface area contributed by atoms with Crippen molar-refractivity contribution in [3.8, 4) is 11.5 Å². The van der Waals surface area contributed by atoms with Crippen molar-refractivity contribution in [1.29, 1.82) is 0 Å². The normalized spacial score (nSPS) is 11.2. The lowest BCUT2D eigenvalue weighted by molar-refractivity contribution is -0.192. The molecule has 8 nitrogen and oxygen atoms in total. The maximum Gasteiger partial charge on any atom is 0.490 e. The monoisotopic (exact) mass is 681 g/mol. The third-order valence-corrected chi connectivity index (χ3v) is 7.22. The lowest BCUT2D eigenvalue weighted by atomic mass is 9.87. The van der Waals surface area contributed by atoms with Crippen molar-refractivity contribution in [3.63, 3.8) is 0 Å². The first-order chi connectivity index (χ1) is 23.1. The number of nitrogens with one attached hydrogen (secondary N) is 1. The fourth-order valence-corrected chi connectivity index (χ4v) is 4.51. The van der Waals surface area contributed by atoms with E-state index in [4.69, 9.17) is 20.4 Å². The van der Waals surface area contributed by atoms with Crippen LogP contribution in [-0.2, 0) is 39.4 Å². The number of amides is 2. The van der Waals surface area contributed by atoms with E-state index < -0.39 is 12.1 Å². The second-order valence-corrected chi connectivity index (χ2v) is 12.0. The second kappa shape index (κ2) is 17.3. The molecule has 0 bridgehead atoms. The van der Waals surface area contributed by atoms with Crippen LogP contribution in [0.15, 0.2) is 97.1 Å². The van der Waals surface area contributed by atoms with Gasteiger partial charge < -0.3 is 25.8 Å². The maximum absolute atomic E-state index is 14.0. The first-order valence-electron chi connectivity index (χ1n) is 15.3. The molecule has 0 spiro atoms. The number of nitrogens with zero attached hydrogens (tertiary/aromatic N) is 1. The average Bonchev–Trinajstić information content (AvgIpc) is 3.06. The van der Waals surface area contributed by atoms with E-state index in [2.05, 4.69) is 38.2 Å². The van der Waals surface area contributed by atoms with Crippen LogP contribution in [-0.4, -0.2) is 29.1 Å². The predicted molar refractivity (Wildman–Crippen MR) is 178 cm³/mol. The third-order valence-electron chi connectivity index (χ3n) is 7.22. The number of rotatable bonds is 11. The van der Waals surface area contributed by atoms with Crippen LogP contribution in [0.1, 0.15) is 55.9 Å². The van der Waals surface area contributed by atoms with Gasteiger partial charge in [0.2, 0.25) is 11.8 Å². The molecule has 0 radical (unpaired) electrons. The van der Waals surface area contributed by atoms with Crippen LogP contribution in [0.4, 0.5) is 23.2 Å². The largest absolute Gasteiger partial charge is 0.490 e. The highest BCUT2D eigenvalue weighted by Gasteiger charge is 2.38. The number of aliphatic carboxylic acids is 1. The number of hydrogen-bond acceptors (Lipinski definition) is 5. The maximum atomic E-state index is 14.0. The highest BCUT2D eigenvalue weighted by atomic mass is 19.4. The molecule has 49 heavy (non-hydrogen) atoms. The van der Waals surface area contributed by atoms with Gasteiger partial charge in [0.1, 0.15) is 11.6 Å². The quantitative estimate of drug-likeness (QED) is 0.140. The van der Waals surface area contributed by atoms with Crippen LogP contribution < -0.4 is 20.7 Å². The minimum absolute atomic E-state index is 0.00255. The van der Waals surface area contributed by atoms with Crippen molar-refractivity contribution < 1.29 is 41.8 Å². The first kappa shape index (κ1) is 38.2. The molecule has 0 saturated heterocycles. The van der Waals surface area contributed by atoms with Crippen molar-refractivity contribution >= 4 is 23.5 Å². The Labute approximate surface area is 282 Å². The summed E-state index contributed by atoms with van der Waals surface area (Å²) in [6.45, 7) is 7.20. The summed E-state index contributed by atoms with van der Waals surface area (Å²) in [5.41, 5.74) is 9.86. The molecule has 0 unspecified atom stereocenters. The molecule has 0 aliphatic rings. The van der Waals surface area contributed by atoms with Gasteiger partial charge >= 0.3 is 12.1 Å². The van der Waals surface area contributed by atoms with Gasteiger partial charge in [-0.3, -0.25) is 9.59 Å². The van der Waals surface area contributed by atoms with Crippen molar-refractivity contribution in [2.75, 3.05) is 4.90 Å². The molecule has 4 rings (SSSR count). The molecule has 0 fully saturated rings. The summed E-state index contributed by atoms with van der Waals surface area (Å²) in [7, 11) is 0. The molecule has 2 amide bonds. The van der Waals surface area contributed by atoms with Crippen LogP contribution >= 0.6 is 0 Å². The Balaban J connectivity index is 0.000000838. The Morgan fingerprint density at radius 2 is 1.47 bits per heavy atom. The van der Waals surface area contributed by atoms with Gasteiger partial charge in [0.05, 0.1) is 12.2 Å². The standard InChI is InChI=1S/C35H38FN3O3.C2HF3O2/c1-35(2,3)28-17-15-25(16-18-28)24-39(34(41)20-19-33(40)38-23-27-10-4-5-12-30(27)36)31-13-6-7-14-32(31)42-29-11-8-9-26(21-29)22-37;3-2(4,5)1(6)7/h4-18,21H,19-20,22-24,37H2,1-3H3,(H,38,40);(H,6,7). The Bertz CT molecular complexity index is 1720. The van der Waals surface area contributed by atoms with Crippen molar-refractivity contribution in [2.24, 2.45) is 5.73 Å². The molecule has 4 aromatic rings. The van der Waals surface area contributed by atoms with E-state index in [1.54, 1.807) is 23.1 Å². The molecule has 4 N–H and O–H groups in total. The highest BCUT2D eigenvalue weighted by Crippen LogP contribution is 2.34. The number of carboxylic acids is 1. The minimum Gasteiger partial charge on any atom is -0.475 e. The van der Waals surface area contributed by atoms with Gasteiger partial charge in [0, 0.05) is 31.5 Å². The van der Waals surface area contributed by atoms with E-state index in [0.717, 1.165) is 11.1 Å². The van der Waals surface area contributed by atoms with E-state index in [1.807, 2.05) is 60.7 Å². The van der Waals surface area contributed by atoms with Crippen LogP contribution in [0.25, 0.3) is 0 Å². The number of carbonyl (C=O) groups excluding carboxylic acids is 2. The fraction of sp³-hybridized carbons (Fsp3) is 0.270. The smallest absolute Gasteiger partial charge is 0.475 e. The molecule has 260 valence electrons. The van der Waals surface area contributed by atoms with Crippen LogP contribution in [0.5, 0.6) is 11.5 Å². The molecule has 0 aliphatic heterocycles. The Kier molecular flexibility index (Phi) is 13.5. The van der Waals surface area contributed by atoms with Gasteiger partial charge in [-0.25, -0.2) is 9.18 Å². The van der Waals surface area contributed by atoms with Crippen molar-refractivity contribution in [3.05, 3.63) is 125 Å². The summed E-state index contributed by atoms with van der Waals surface area (Å²) in [5.74, 6) is -2.58. The molecule has 0 saturated carbocycles. The number of halogens is 4. The first-order valence-corrected chi connectivity index (χ1v) is 15.3. The van der Waals surface area contributed by atoms with Gasteiger partial charge in [0.25, 0.3) is 0 Å². The van der Waals surface area contributed by atoms with E-state index >= 15 is 0 Å². The molecule has 12 heteroatoms. The summed E-state index contributed by atoms with van der Waals surface area (Å²) in [6, 6.07) is 29.3. The SMILES string of the molecule is CC(C)(C)c1ccc(CN(C(=O)CCC(=O)NCc2ccccc2F)c2ccccc2Oc2cccc(CN)c2)cc1.O=C(O)C(F)(F)F. The number of alkyl halides is 3. The fourth-order valence-electron chi connectivity index (χ4n) is 4.51. The van der Waals surface area contributed by atoms with E-state index in [9.17, 15) is 27.2 Å². The van der Waals surface area contributed by atoms with Gasteiger partial charge in [-0.1, -0.05) is 87.5 Å². The van der Waals surface area contributed by atoms with Gasteiger partial charge in [0.15, 0.2) is 5.75 Å². The molecule has 0 aliphatic carbocycles. The number of carbonyl (C=O) groups is 3. The van der Waals surface area contributed by atoms with Crippen LogP contribution in [0.3, 0.4) is 0 Å². The Morgan fingerprint density at radius 3 is 2.08 bits per heavy atom. The van der Waals surface area contributed by atoms with Crippen LogP contribution in [0.2, 0.25) is 0 Å². The van der Waals surface area contributed by atoms with Gasteiger partial charge in [-0.15, -0.1) is 0 Å². The number of anilines is 1. The number of benzene rings is 4. The third kappa shape index (κ3) is 12.1. The van der Waals surface area contributed by atoms with Crippen LogP contribution in [0, 0.1) is 5.82 Å². The molecule has 0 atom stereocenters. The average molecular weight is 682 g/mol. The van der Waals surface area contributed by atoms with Gasteiger partial charge in [-0.2, -0.15) is 13.2 Å². The zero-order valence-corrected chi connectivity index (χ0v) is 27.4. The molecule has 4 aromatic carbocycles. The van der Waals surface area contributed by atoms with Crippen molar-refractivity contribution in [2.45, 2.75) is 64.8 Å². The summed E-state index contributed by atoms with van der Waals surface area (Å²) in [4.78, 5) is 36.9. The summed E-state index contributed by atoms with van der Waals surface area (Å²) < 4.78 is 51.9. The van der Waals surface area contributed by atoms with Gasteiger partial charge in [-0.05, 0) is 52.4 Å². The minimum atomic E-state index is -5.08. The number of carboxylic acid groups (broad SMARTS) is 1. The Morgan fingerprint density at radius 1 is 0.837 bits per heavy atom. The number of para-hydroxylation sites is 2. The van der Waals surface area contributed by atoms with E-state index in [1.165, 1.54) is 11.6 Å². The van der Waals surface area contributed by atoms with Crippen molar-refractivity contribution in [1.82, 2.24) is 5.32 Å². The molecular weight excluding hydrogens is 642 g/mol. The lowest BCUT2D eigenvalue weighted by Crippen LogP contribution is -2.32. The van der Waals surface area contributed by atoms with E-state index in [0.29, 0.717) is 35.8 Å². The molecular formula is C37H39F4N3O5. The topological polar surface area (TPSA) is 122 Å². The number of nitrogens with two attached hydrogens (primary N) is 1. The van der Waals surface area contributed by atoms with E-state index in [-0.39, 0.29) is 42.4 Å². The lowest BCUT2D eigenvalue weighted by Gasteiger charge is -2.26. The zero-order chi connectivity index (χ0) is 36.2. The highest BCUT2D eigenvalue weighted by molar-refractivity contribution is 5.96. The summed E-state index contributed by atoms with van der Waals surface area (Å²) in [6.07, 6.45) is -5.14. The zero-order valence-electron chi connectivity index (χ0n) is 27.4. The summed E-state index contributed by atoms with van der Waals surface area (Å²) in [5, 5.41) is 9.84.